The third kappa shape index (κ3) is 1.89. The molecule has 0 bridgehead atoms. The Hall–Kier alpha value is -1.16. The van der Waals surface area contributed by atoms with Gasteiger partial charge in [0.05, 0.1) is 5.69 Å². The first-order valence-electron chi connectivity index (χ1n) is 5.22. The minimum Gasteiger partial charge on any atom is -0.274 e. The Morgan fingerprint density at radius 3 is 2.44 bits per heavy atom. The van der Waals surface area contributed by atoms with Gasteiger partial charge in [-0.15, -0.1) is 0 Å². The maximum Gasteiger partial charge on any atom is 0.233 e. The van der Waals surface area contributed by atoms with E-state index in [-0.39, 0.29) is 11.8 Å². The highest BCUT2D eigenvalue weighted by Gasteiger charge is 2.28. The molecule has 0 radical (unpaired) electrons. The Labute approximate surface area is 103 Å². The Balaban J connectivity index is 2.46. The van der Waals surface area contributed by atoms with Crippen LogP contribution in [0.3, 0.4) is 0 Å². The average molecular weight is 282 g/mol. The molecule has 0 aliphatic carbocycles. The van der Waals surface area contributed by atoms with E-state index in [1.165, 1.54) is 4.90 Å². The van der Waals surface area contributed by atoms with Gasteiger partial charge in [-0.1, -0.05) is 22.0 Å². The van der Waals surface area contributed by atoms with Crippen LogP contribution in [0.4, 0.5) is 5.69 Å². The lowest BCUT2D eigenvalue weighted by molar-refractivity contribution is -0.129. The fourth-order valence-corrected chi connectivity index (χ4v) is 2.22. The fraction of sp³-hybridized carbons (Fsp3) is 0.333. The summed E-state index contributed by atoms with van der Waals surface area (Å²) in [6, 6.07) is 5.54. The second kappa shape index (κ2) is 4.37. The number of halogens is 1. The maximum atomic E-state index is 11.8. The average Bonchev–Trinajstić information content (AvgIpc) is 2.24. The van der Waals surface area contributed by atoms with Crippen LogP contribution in [0.2, 0.25) is 0 Å². The zero-order valence-electron chi connectivity index (χ0n) is 9.00. The molecule has 0 aromatic heterocycles. The summed E-state index contributed by atoms with van der Waals surface area (Å²) in [6.45, 7) is 1.90. The first-order chi connectivity index (χ1) is 7.61. The van der Waals surface area contributed by atoms with Crippen LogP contribution in [0.1, 0.15) is 24.8 Å². The predicted octanol–water partition coefficient (Wildman–Crippen LogP) is 2.80. The highest BCUT2D eigenvalue weighted by molar-refractivity contribution is 9.10. The lowest BCUT2D eigenvalue weighted by Gasteiger charge is -2.26. The summed E-state index contributed by atoms with van der Waals surface area (Å²) in [7, 11) is 0. The van der Waals surface area contributed by atoms with Gasteiger partial charge in [0.2, 0.25) is 11.8 Å². The van der Waals surface area contributed by atoms with E-state index < -0.39 is 0 Å². The van der Waals surface area contributed by atoms with Crippen LogP contribution < -0.4 is 4.90 Å². The zero-order chi connectivity index (χ0) is 11.7. The monoisotopic (exact) mass is 281 g/mol. The van der Waals surface area contributed by atoms with Gasteiger partial charge < -0.3 is 0 Å². The van der Waals surface area contributed by atoms with Crippen LogP contribution in [0.15, 0.2) is 22.7 Å². The molecule has 84 valence electrons. The van der Waals surface area contributed by atoms with Gasteiger partial charge in [0.25, 0.3) is 0 Å². The van der Waals surface area contributed by atoms with Crippen molar-refractivity contribution in [1.82, 2.24) is 0 Å². The van der Waals surface area contributed by atoms with Crippen LogP contribution in [0, 0.1) is 6.92 Å². The minimum absolute atomic E-state index is 0.0996. The van der Waals surface area contributed by atoms with Crippen molar-refractivity contribution < 1.29 is 9.59 Å². The molecule has 1 aliphatic rings. The molecule has 1 aliphatic heterocycles. The van der Waals surface area contributed by atoms with Crippen LogP contribution in [-0.4, -0.2) is 11.8 Å². The quantitative estimate of drug-likeness (QED) is 0.743. The first-order valence-corrected chi connectivity index (χ1v) is 6.01. The molecule has 3 nitrogen and oxygen atoms in total. The standard InChI is InChI=1S/C12H12BrNO2/c1-8-9(13)4-2-5-10(8)14-11(15)6-3-7-12(14)16/h2,4-5H,3,6-7H2,1H3. The molecule has 1 aromatic rings. The van der Waals surface area contributed by atoms with Gasteiger partial charge >= 0.3 is 0 Å². The molecule has 0 spiro atoms. The third-order valence-corrected chi connectivity index (χ3v) is 3.62. The van der Waals surface area contributed by atoms with Gasteiger partial charge in [-0.25, -0.2) is 0 Å². The first kappa shape index (κ1) is 11.3. The van der Waals surface area contributed by atoms with Crippen LogP contribution in [0.5, 0.6) is 0 Å². The Morgan fingerprint density at radius 2 is 1.81 bits per heavy atom. The minimum atomic E-state index is -0.0996. The van der Waals surface area contributed by atoms with Crippen LogP contribution in [-0.2, 0) is 9.59 Å². The van der Waals surface area contributed by atoms with Gasteiger partial charge in [0.15, 0.2) is 0 Å². The number of hydrogen-bond donors (Lipinski definition) is 0. The fourth-order valence-electron chi connectivity index (χ4n) is 1.86. The Morgan fingerprint density at radius 1 is 1.19 bits per heavy atom. The number of imide groups is 1. The molecule has 0 N–H and O–H groups in total. The number of anilines is 1. The van der Waals surface area contributed by atoms with Gasteiger partial charge in [-0.2, -0.15) is 0 Å². The highest BCUT2D eigenvalue weighted by atomic mass is 79.9. The number of hydrogen-bond acceptors (Lipinski definition) is 2. The van der Waals surface area contributed by atoms with Crippen molar-refractivity contribution in [2.45, 2.75) is 26.2 Å². The molecule has 0 atom stereocenters. The summed E-state index contributed by atoms with van der Waals surface area (Å²) in [5.41, 5.74) is 1.62. The van der Waals surface area contributed by atoms with Crippen LogP contribution >= 0.6 is 15.9 Å². The molecule has 1 fully saturated rings. The van der Waals surface area contributed by atoms with Crippen molar-refractivity contribution in [1.29, 1.82) is 0 Å². The molecular weight excluding hydrogens is 270 g/mol. The van der Waals surface area contributed by atoms with E-state index in [0.717, 1.165) is 10.0 Å². The predicted molar refractivity (Wildman–Crippen MR) is 65.2 cm³/mol. The molecule has 4 heteroatoms. The summed E-state index contributed by atoms with van der Waals surface area (Å²) in [5, 5.41) is 0. The number of nitrogens with zero attached hydrogens (tertiary/aromatic N) is 1. The molecular formula is C12H12BrNO2. The molecule has 0 saturated carbocycles. The lowest BCUT2D eigenvalue weighted by atomic mass is 10.1. The van der Waals surface area contributed by atoms with E-state index in [1.807, 2.05) is 19.1 Å². The normalized spacial score (nSPS) is 16.8. The number of amides is 2. The van der Waals surface area contributed by atoms with Gasteiger partial charge in [0, 0.05) is 17.3 Å². The second-order valence-corrected chi connectivity index (χ2v) is 4.71. The Bertz CT molecular complexity index is 440. The van der Waals surface area contributed by atoms with Crippen molar-refractivity contribution in [2.75, 3.05) is 4.90 Å². The van der Waals surface area contributed by atoms with Crippen molar-refractivity contribution in [3.8, 4) is 0 Å². The lowest BCUT2D eigenvalue weighted by Crippen LogP contribution is -2.40. The van der Waals surface area contributed by atoms with E-state index in [9.17, 15) is 9.59 Å². The second-order valence-electron chi connectivity index (χ2n) is 3.86. The largest absolute Gasteiger partial charge is 0.274 e. The summed E-state index contributed by atoms with van der Waals surface area (Å²) in [4.78, 5) is 24.8. The Kier molecular flexibility index (Phi) is 3.10. The SMILES string of the molecule is Cc1c(Br)cccc1N1C(=O)CCCC1=O. The molecule has 1 aromatic carbocycles. The smallest absolute Gasteiger partial charge is 0.233 e. The van der Waals surface area contributed by atoms with Crippen molar-refractivity contribution >= 4 is 33.4 Å². The van der Waals surface area contributed by atoms with E-state index in [2.05, 4.69) is 15.9 Å². The number of rotatable bonds is 1. The van der Waals surface area contributed by atoms with Gasteiger partial charge in [-0.3, -0.25) is 14.5 Å². The van der Waals surface area contributed by atoms with Gasteiger partial charge in [0.1, 0.15) is 0 Å². The molecule has 2 amide bonds. The maximum absolute atomic E-state index is 11.8. The molecule has 16 heavy (non-hydrogen) atoms. The van der Waals surface area contributed by atoms with E-state index >= 15 is 0 Å². The van der Waals surface area contributed by atoms with Crippen molar-refractivity contribution in [3.05, 3.63) is 28.2 Å². The zero-order valence-corrected chi connectivity index (χ0v) is 10.6. The summed E-state index contributed by atoms with van der Waals surface area (Å²) in [6.07, 6.45) is 1.58. The van der Waals surface area contributed by atoms with Crippen molar-refractivity contribution in [3.63, 3.8) is 0 Å². The molecule has 1 heterocycles. The van der Waals surface area contributed by atoms with Crippen molar-refractivity contribution in [2.24, 2.45) is 0 Å². The summed E-state index contributed by atoms with van der Waals surface area (Å²) in [5.74, 6) is -0.199. The van der Waals surface area contributed by atoms with E-state index in [1.54, 1.807) is 6.07 Å². The molecule has 0 unspecified atom stereocenters. The van der Waals surface area contributed by atoms with E-state index in [0.29, 0.717) is 24.9 Å². The molecule has 1 saturated heterocycles. The summed E-state index contributed by atoms with van der Waals surface area (Å²) < 4.78 is 0.913. The van der Waals surface area contributed by atoms with Gasteiger partial charge in [-0.05, 0) is 31.0 Å². The third-order valence-electron chi connectivity index (χ3n) is 2.76. The topological polar surface area (TPSA) is 37.4 Å². The number of carbonyl (C=O) groups excluding carboxylic acids is 2. The molecule has 2 rings (SSSR count). The summed E-state index contributed by atoms with van der Waals surface area (Å²) >= 11 is 3.40. The highest BCUT2D eigenvalue weighted by Crippen LogP contribution is 2.29. The number of piperidine rings is 1. The number of carbonyl (C=O) groups is 2. The van der Waals surface area contributed by atoms with E-state index in [4.69, 9.17) is 0 Å². The van der Waals surface area contributed by atoms with Crippen LogP contribution in [0.25, 0.3) is 0 Å². The number of benzene rings is 1.